The average molecular weight is 355 g/mol. The van der Waals surface area contributed by atoms with Crippen LogP contribution in [0, 0.1) is 3.57 Å². The SMILES string of the molecule is CCCn1cccc1C(=O)Nc1ccc(I)cn1. The lowest BCUT2D eigenvalue weighted by Crippen LogP contribution is -2.17. The zero-order valence-electron chi connectivity index (χ0n) is 10.1. The van der Waals surface area contributed by atoms with Crippen molar-refractivity contribution < 1.29 is 4.79 Å². The summed E-state index contributed by atoms with van der Waals surface area (Å²) in [6.45, 7) is 2.93. The van der Waals surface area contributed by atoms with E-state index >= 15 is 0 Å². The summed E-state index contributed by atoms with van der Waals surface area (Å²) < 4.78 is 2.99. The van der Waals surface area contributed by atoms with Crippen molar-refractivity contribution in [3.8, 4) is 0 Å². The molecule has 4 nitrogen and oxygen atoms in total. The van der Waals surface area contributed by atoms with Crippen molar-refractivity contribution in [3.05, 3.63) is 45.9 Å². The van der Waals surface area contributed by atoms with Crippen LogP contribution in [0.3, 0.4) is 0 Å². The Morgan fingerprint density at radius 3 is 2.94 bits per heavy atom. The number of aryl methyl sites for hydroxylation is 1. The Labute approximate surface area is 120 Å². The molecule has 1 N–H and O–H groups in total. The standard InChI is InChI=1S/C13H14IN3O/c1-2-7-17-8-3-4-11(17)13(18)16-12-6-5-10(14)9-15-12/h3-6,8-9H,2,7H2,1H3,(H,15,16,18). The average Bonchev–Trinajstić information content (AvgIpc) is 2.81. The van der Waals surface area contributed by atoms with E-state index in [2.05, 4.69) is 39.8 Å². The van der Waals surface area contributed by atoms with E-state index in [1.807, 2.05) is 29.0 Å². The minimum atomic E-state index is -0.123. The van der Waals surface area contributed by atoms with Crippen LogP contribution in [0.4, 0.5) is 5.82 Å². The van der Waals surface area contributed by atoms with E-state index in [4.69, 9.17) is 0 Å². The summed E-state index contributed by atoms with van der Waals surface area (Å²) in [6, 6.07) is 7.41. The van der Waals surface area contributed by atoms with E-state index in [0.717, 1.165) is 16.5 Å². The fourth-order valence-corrected chi connectivity index (χ4v) is 2.01. The van der Waals surface area contributed by atoms with E-state index in [1.54, 1.807) is 12.3 Å². The first-order valence-electron chi connectivity index (χ1n) is 5.78. The molecule has 0 saturated heterocycles. The Morgan fingerprint density at radius 1 is 1.44 bits per heavy atom. The van der Waals surface area contributed by atoms with Crippen molar-refractivity contribution in [3.63, 3.8) is 0 Å². The van der Waals surface area contributed by atoms with Gasteiger partial charge < -0.3 is 9.88 Å². The minimum Gasteiger partial charge on any atom is -0.344 e. The Kier molecular flexibility index (Phi) is 4.35. The van der Waals surface area contributed by atoms with E-state index in [1.165, 1.54) is 0 Å². The highest BCUT2D eigenvalue weighted by molar-refractivity contribution is 14.1. The number of rotatable bonds is 4. The maximum absolute atomic E-state index is 12.1. The molecule has 2 rings (SSSR count). The van der Waals surface area contributed by atoms with Crippen LogP contribution in [0.5, 0.6) is 0 Å². The Morgan fingerprint density at radius 2 is 2.28 bits per heavy atom. The molecule has 5 heteroatoms. The molecule has 0 aliphatic rings. The number of pyridine rings is 1. The van der Waals surface area contributed by atoms with Crippen LogP contribution in [0.15, 0.2) is 36.7 Å². The molecule has 2 heterocycles. The molecule has 0 saturated carbocycles. The van der Waals surface area contributed by atoms with Gasteiger partial charge in [0.25, 0.3) is 5.91 Å². The van der Waals surface area contributed by atoms with Gasteiger partial charge in [-0.1, -0.05) is 6.92 Å². The summed E-state index contributed by atoms with van der Waals surface area (Å²) in [7, 11) is 0. The monoisotopic (exact) mass is 355 g/mol. The summed E-state index contributed by atoms with van der Waals surface area (Å²) in [5.41, 5.74) is 0.664. The van der Waals surface area contributed by atoms with Crippen molar-refractivity contribution in [2.45, 2.75) is 19.9 Å². The van der Waals surface area contributed by atoms with Gasteiger partial charge in [-0.25, -0.2) is 4.98 Å². The number of hydrogen-bond acceptors (Lipinski definition) is 2. The number of aromatic nitrogens is 2. The Balaban J connectivity index is 2.11. The lowest BCUT2D eigenvalue weighted by Gasteiger charge is -2.08. The predicted octanol–water partition coefficient (Wildman–Crippen LogP) is 3.15. The van der Waals surface area contributed by atoms with Gasteiger partial charge in [-0.3, -0.25) is 4.79 Å². The number of amides is 1. The second-order valence-electron chi connectivity index (χ2n) is 3.90. The number of hydrogen-bond donors (Lipinski definition) is 1. The molecule has 0 fully saturated rings. The Bertz CT molecular complexity index is 533. The molecular weight excluding hydrogens is 341 g/mol. The first-order chi connectivity index (χ1) is 8.70. The van der Waals surface area contributed by atoms with Crippen molar-refractivity contribution in [2.24, 2.45) is 0 Å². The van der Waals surface area contributed by atoms with E-state index < -0.39 is 0 Å². The second-order valence-corrected chi connectivity index (χ2v) is 5.15. The van der Waals surface area contributed by atoms with Gasteiger partial charge in [0.2, 0.25) is 0 Å². The minimum absolute atomic E-state index is 0.123. The number of carbonyl (C=O) groups excluding carboxylic acids is 1. The Hall–Kier alpha value is -1.37. The van der Waals surface area contributed by atoms with E-state index in [0.29, 0.717) is 11.5 Å². The number of halogens is 1. The van der Waals surface area contributed by atoms with Gasteiger partial charge in [-0.15, -0.1) is 0 Å². The van der Waals surface area contributed by atoms with Gasteiger partial charge in [0.1, 0.15) is 11.5 Å². The maximum atomic E-state index is 12.1. The molecule has 0 aliphatic heterocycles. The zero-order valence-corrected chi connectivity index (χ0v) is 12.2. The van der Waals surface area contributed by atoms with Gasteiger partial charge in [0.15, 0.2) is 0 Å². The topological polar surface area (TPSA) is 46.9 Å². The van der Waals surface area contributed by atoms with Crippen LogP contribution < -0.4 is 5.32 Å². The van der Waals surface area contributed by atoms with E-state index in [-0.39, 0.29) is 5.91 Å². The summed E-state index contributed by atoms with van der Waals surface area (Å²) in [6.07, 6.45) is 4.64. The third-order valence-electron chi connectivity index (χ3n) is 2.50. The fourth-order valence-electron chi connectivity index (χ4n) is 1.69. The smallest absolute Gasteiger partial charge is 0.273 e. The summed E-state index contributed by atoms with van der Waals surface area (Å²) in [5.74, 6) is 0.451. The first-order valence-corrected chi connectivity index (χ1v) is 6.86. The van der Waals surface area contributed by atoms with Crippen LogP contribution in [0.25, 0.3) is 0 Å². The molecule has 1 amide bonds. The summed E-state index contributed by atoms with van der Waals surface area (Å²) >= 11 is 2.18. The summed E-state index contributed by atoms with van der Waals surface area (Å²) in [4.78, 5) is 16.2. The molecule has 0 aromatic carbocycles. The van der Waals surface area contributed by atoms with Crippen molar-refractivity contribution >= 4 is 34.3 Å². The normalized spacial score (nSPS) is 10.3. The predicted molar refractivity (Wildman–Crippen MR) is 79.6 cm³/mol. The van der Waals surface area contributed by atoms with E-state index in [9.17, 15) is 4.79 Å². The lowest BCUT2D eigenvalue weighted by molar-refractivity contribution is 0.101. The highest BCUT2D eigenvalue weighted by atomic mass is 127. The maximum Gasteiger partial charge on any atom is 0.273 e. The number of anilines is 1. The second kappa shape index (κ2) is 5.99. The molecule has 94 valence electrons. The number of carbonyl (C=O) groups is 1. The largest absolute Gasteiger partial charge is 0.344 e. The van der Waals surface area contributed by atoms with Crippen LogP contribution in [0.2, 0.25) is 0 Å². The molecule has 0 spiro atoms. The lowest BCUT2D eigenvalue weighted by atomic mass is 10.3. The van der Waals surface area contributed by atoms with Crippen molar-refractivity contribution in [2.75, 3.05) is 5.32 Å². The molecule has 2 aromatic rings. The molecule has 18 heavy (non-hydrogen) atoms. The molecule has 2 aromatic heterocycles. The van der Waals surface area contributed by atoms with Gasteiger partial charge in [0, 0.05) is 22.5 Å². The van der Waals surface area contributed by atoms with Crippen molar-refractivity contribution in [1.29, 1.82) is 0 Å². The number of nitrogens with zero attached hydrogens (tertiary/aromatic N) is 2. The molecular formula is C13H14IN3O. The third-order valence-corrected chi connectivity index (χ3v) is 3.13. The van der Waals surface area contributed by atoms with Crippen LogP contribution in [-0.4, -0.2) is 15.5 Å². The quantitative estimate of drug-likeness (QED) is 0.857. The zero-order chi connectivity index (χ0) is 13.0. The number of nitrogens with one attached hydrogen (secondary N) is 1. The molecule has 0 atom stereocenters. The van der Waals surface area contributed by atoms with Gasteiger partial charge >= 0.3 is 0 Å². The fraction of sp³-hybridized carbons (Fsp3) is 0.231. The van der Waals surface area contributed by atoms with Crippen LogP contribution in [-0.2, 0) is 6.54 Å². The van der Waals surface area contributed by atoms with Crippen LogP contribution >= 0.6 is 22.6 Å². The highest BCUT2D eigenvalue weighted by Crippen LogP contribution is 2.10. The molecule has 0 bridgehead atoms. The van der Waals surface area contributed by atoms with Gasteiger partial charge in [-0.05, 0) is 53.3 Å². The first kappa shape index (κ1) is 13.1. The molecule has 0 unspecified atom stereocenters. The van der Waals surface area contributed by atoms with Gasteiger partial charge in [-0.2, -0.15) is 0 Å². The summed E-state index contributed by atoms with van der Waals surface area (Å²) in [5, 5.41) is 2.80. The molecule has 0 aliphatic carbocycles. The molecule has 0 radical (unpaired) electrons. The van der Waals surface area contributed by atoms with Crippen LogP contribution in [0.1, 0.15) is 23.8 Å². The third kappa shape index (κ3) is 3.10. The van der Waals surface area contributed by atoms with Gasteiger partial charge in [0.05, 0.1) is 0 Å². The highest BCUT2D eigenvalue weighted by Gasteiger charge is 2.10. The van der Waals surface area contributed by atoms with Crippen molar-refractivity contribution in [1.82, 2.24) is 9.55 Å².